The van der Waals surface area contributed by atoms with Crippen molar-refractivity contribution in [2.45, 2.75) is 11.4 Å². The summed E-state index contributed by atoms with van der Waals surface area (Å²) in [6.07, 6.45) is 3.50. The molecule has 0 aliphatic heterocycles. The van der Waals surface area contributed by atoms with Crippen LogP contribution in [0.5, 0.6) is 0 Å². The van der Waals surface area contributed by atoms with Crippen LogP contribution in [0, 0.1) is 10.1 Å². The lowest BCUT2D eigenvalue weighted by Gasteiger charge is -2.12. The monoisotopic (exact) mass is 444 g/mol. The number of hydrogen-bond acceptors (Lipinski definition) is 7. The molecule has 0 amide bonds. The Kier molecular flexibility index (Phi) is 7.00. The van der Waals surface area contributed by atoms with Gasteiger partial charge in [0.2, 0.25) is 10.0 Å². The molecule has 0 saturated heterocycles. The summed E-state index contributed by atoms with van der Waals surface area (Å²) in [4.78, 5) is 12.6. The van der Waals surface area contributed by atoms with Crippen LogP contribution in [0.25, 0.3) is 5.69 Å². The summed E-state index contributed by atoms with van der Waals surface area (Å²) in [5, 5.41) is 18.8. The molecule has 10 nitrogen and oxygen atoms in total. The van der Waals surface area contributed by atoms with Crippen LogP contribution in [0.1, 0.15) is 5.56 Å². The molecular formula is C20H24N6O4S. The second kappa shape index (κ2) is 9.69. The predicted molar refractivity (Wildman–Crippen MR) is 118 cm³/mol. The van der Waals surface area contributed by atoms with Gasteiger partial charge in [-0.1, -0.05) is 12.1 Å². The minimum Gasteiger partial charge on any atom is -0.375 e. The molecule has 2 N–H and O–H groups in total. The maximum atomic E-state index is 12.4. The Morgan fingerprint density at radius 3 is 2.65 bits per heavy atom. The Balaban J connectivity index is 1.76. The lowest BCUT2D eigenvalue weighted by atomic mass is 10.2. The first-order valence-electron chi connectivity index (χ1n) is 9.52. The fourth-order valence-corrected chi connectivity index (χ4v) is 3.93. The molecule has 0 aliphatic rings. The lowest BCUT2D eigenvalue weighted by molar-refractivity contribution is -0.384. The molecule has 0 radical (unpaired) electrons. The van der Waals surface area contributed by atoms with Gasteiger partial charge in [0.1, 0.15) is 5.69 Å². The van der Waals surface area contributed by atoms with Crippen LogP contribution in [0.2, 0.25) is 0 Å². The Labute approximate surface area is 180 Å². The maximum Gasteiger partial charge on any atom is 0.293 e. The molecule has 0 fully saturated rings. The summed E-state index contributed by atoms with van der Waals surface area (Å²) < 4.78 is 29.1. The van der Waals surface area contributed by atoms with E-state index < -0.39 is 14.9 Å². The van der Waals surface area contributed by atoms with Gasteiger partial charge in [0.15, 0.2) is 0 Å². The van der Waals surface area contributed by atoms with Crippen LogP contribution in [-0.2, 0) is 16.6 Å². The number of anilines is 1. The molecule has 0 atom stereocenters. The highest BCUT2D eigenvalue weighted by molar-refractivity contribution is 7.89. The summed E-state index contributed by atoms with van der Waals surface area (Å²) in [5.41, 5.74) is 1.69. The maximum absolute atomic E-state index is 12.4. The fourth-order valence-electron chi connectivity index (χ4n) is 2.89. The fraction of sp³-hybridized carbons (Fsp3) is 0.250. The number of nitro benzene ring substituents is 1. The summed E-state index contributed by atoms with van der Waals surface area (Å²) in [6, 6.07) is 13.2. The highest BCUT2D eigenvalue weighted by Gasteiger charge is 2.21. The van der Waals surface area contributed by atoms with Crippen LogP contribution >= 0.6 is 0 Å². The van der Waals surface area contributed by atoms with Gasteiger partial charge in [-0.3, -0.25) is 10.1 Å². The van der Waals surface area contributed by atoms with E-state index in [-0.39, 0.29) is 22.8 Å². The zero-order valence-corrected chi connectivity index (χ0v) is 18.0. The van der Waals surface area contributed by atoms with E-state index in [1.807, 2.05) is 55.5 Å². The van der Waals surface area contributed by atoms with Crippen LogP contribution < -0.4 is 10.0 Å². The number of benzene rings is 2. The third-order valence-electron chi connectivity index (χ3n) is 4.49. The van der Waals surface area contributed by atoms with Gasteiger partial charge in [-0.05, 0) is 50.0 Å². The first-order valence-corrected chi connectivity index (χ1v) is 11.0. The van der Waals surface area contributed by atoms with Gasteiger partial charge < -0.3 is 10.2 Å². The predicted octanol–water partition coefficient (Wildman–Crippen LogP) is 2.23. The molecule has 164 valence electrons. The van der Waals surface area contributed by atoms with Crippen molar-refractivity contribution >= 4 is 21.4 Å². The lowest BCUT2D eigenvalue weighted by Crippen LogP contribution is -2.31. The van der Waals surface area contributed by atoms with Crippen LogP contribution in [0.3, 0.4) is 0 Å². The number of nitro groups is 1. The highest BCUT2D eigenvalue weighted by Crippen LogP contribution is 2.28. The normalized spacial score (nSPS) is 11.6. The molecule has 0 bridgehead atoms. The smallest absolute Gasteiger partial charge is 0.293 e. The number of rotatable bonds is 10. The van der Waals surface area contributed by atoms with Crippen molar-refractivity contribution in [3.8, 4) is 5.69 Å². The first-order chi connectivity index (χ1) is 14.8. The summed E-state index contributed by atoms with van der Waals surface area (Å²) in [7, 11) is -0.198. The van der Waals surface area contributed by atoms with E-state index in [9.17, 15) is 18.5 Å². The number of aromatic nitrogens is 2. The van der Waals surface area contributed by atoms with E-state index in [1.54, 1.807) is 10.9 Å². The minimum atomic E-state index is -3.85. The molecule has 3 aromatic rings. The second-order valence-corrected chi connectivity index (χ2v) is 8.88. The summed E-state index contributed by atoms with van der Waals surface area (Å²) in [6.45, 7) is 1.04. The quantitative estimate of drug-likeness (QED) is 0.363. The summed E-state index contributed by atoms with van der Waals surface area (Å²) in [5.74, 6) is 0. The van der Waals surface area contributed by atoms with E-state index in [0.29, 0.717) is 13.1 Å². The molecular weight excluding hydrogens is 420 g/mol. The third-order valence-corrected chi connectivity index (χ3v) is 5.95. The number of hydrogen-bond donors (Lipinski definition) is 2. The molecule has 0 saturated carbocycles. The average molecular weight is 445 g/mol. The number of sulfonamides is 1. The molecule has 31 heavy (non-hydrogen) atoms. The van der Waals surface area contributed by atoms with Crippen molar-refractivity contribution in [2.24, 2.45) is 0 Å². The Bertz CT molecular complexity index is 1150. The SMILES string of the molecule is CN(C)CCNS(=O)(=O)c1ccc(NCc2cccc(-n3cccn3)c2)c([N+](=O)[O-])c1. The third kappa shape index (κ3) is 5.87. The van der Waals surface area contributed by atoms with Gasteiger partial charge in [0.25, 0.3) is 5.69 Å². The molecule has 2 aromatic carbocycles. The van der Waals surface area contributed by atoms with Crippen LogP contribution in [-0.4, -0.2) is 55.2 Å². The average Bonchev–Trinajstić information content (AvgIpc) is 3.27. The largest absolute Gasteiger partial charge is 0.375 e. The van der Waals surface area contributed by atoms with Gasteiger partial charge in [-0.25, -0.2) is 17.8 Å². The van der Waals surface area contributed by atoms with Gasteiger partial charge in [0.05, 0.1) is 15.5 Å². The van der Waals surface area contributed by atoms with Gasteiger partial charge in [-0.15, -0.1) is 0 Å². The molecule has 0 unspecified atom stereocenters. The zero-order chi connectivity index (χ0) is 22.4. The highest BCUT2D eigenvalue weighted by atomic mass is 32.2. The van der Waals surface area contributed by atoms with E-state index in [2.05, 4.69) is 15.1 Å². The molecule has 0 aliphatic carbocycles. The Hall–Kier alpha value is -3.28. The van der Waals surface area contributed by atoms with E-state index >= 15 is 0 Å². The Morgan fingerprint density at radius 2 is 1.97 bits per heavy atom. The van der Waals surface area contributed by atoms with Gasteiger partial charge in [-0.2, -0.15) is 5.10 Å². The van der Waals surface area contributed by atoms with Crippen molar-refractivity contribution in [1.82, 2.24) is 19.4 Å². The van der Waals surface area contributed by atoms with E-state index in [0.717, 1.165) is 17.3 Å². The summed E-state index contributed by atoms with van der Waals surface area (Å²) >= 11 is 0. The van der Waals surface area contributed by atoms with Crippen molar-refractivity contribution in [3.05, 3.63) is 76.6 Å². The number of likely N-dealkylation sites (N-methyl/N-ethyl adjacent to an activating group) is 1. The van der Waals surface area contributed by atoms with E-state index in [4.69, 9.17) is 0 Å². The van der Waals surface area contributed by atoms with Crippen molar-refractivity contribution < 1.29 is 13.3 Å². The molecule has 11 heteroatoms. The van der Waals surface area contributed by atoms with Gasteiger partial charge in [0, 0.05) is 38.1 Å². The van der Waals surface area contributed by atoms with E-state index in [1.165, 1.54) is 12.1 Å². The first kappa shape index (κ1) is 22.4. The number of nitrogens with zero attached hydrogens (tertiary/aromatic N) is 4. The van der Waals surface area contributed by atoms with Crippen molar-refractivity contribution in [2.75, 3.05) is 32.5 Å². The standard InChI is InChI=1S/C20H24N6O4S/c1-24(2)12-10-23-31(29,30)18-7-8-19(20(14-18)26(27)28)21-15-16-5-3-6-17(13-16)25-11-4-9-22-25/h3-9,11,13-14,21,23H,10,12,15H2,1-2H3. The van der Waals surface area contributed by atoms with Crippen LogP contribution in [0.4, 0.5) is 11.4 Å². The van der Waals surface area contributed by atoms with Gasteiger partial charge >= 0.3 is 0 Å². The Morgan fingerprint density at radius 1 is 1.16 bits per heavy atom. The molecule has 0 spiro atoms. The molecule has 1 heterocycles. The number of nitrogens with one attached hydrogen (secondary N) is 2. The van der Waals surface area contributed by atoms with Crippen molar-refractivity contribution in [3.63, 3.8) is 0 Å². The van der Waals surface area contributed by atoms with Crippen LogP contribution in [0.15, 0.2) is 65.8 Å². The second-order valence-electron chi connectivity index (χ2n) is 7.11. The molecule has 1 aromatic heterocycles. The minimum absolute atomic E-state index is 0.149. The molecule has 3 rings (SSSR count). The topological polar surface area (TPSA) is 122 Å². The van der Waals surface area contributed by atoms with Crippen molar-refractivity contribution in [1.29, 1.82) is 0 Å². The zero-order valence-electron chi connectivity index (χ0n) is 17.2.